The summed E-state index contributed by atoms with van der Waals surface area (Å²) in [4.78, 5) is 0. The molecule has 2 rings (SSSR count). The fraction of sp³-hybridized carbons (Fsp3) is 0.417. The van der Waals surface area contributed by atoms with Crippen molar-refractivity contribution in [3.8, 4) is 0 Å². The molecule has 0 saturated heterocycles. The Morgan fingerprint density at radius 2 is 2.19 bits per heavy atom. The summed E-state index contributed by atoms with van der Waals surface area (Å²) in [6.07, 6.45) is 0.720. The lowest BCUT2D eigenvalue weighted by molar-refractivity contribution is 0.514. The molecule has 0 amide bonds. The molecule has 0 spiro atoms. The molecule has 0 aliphatic heterocycles. The van der Waals surface area contributed by atoms with Crippen LogP contribution in [0.3, 0.4) is 0 Å². The second kappa shape index (κ2) is 4.22. The quantitative estimate of drug-likeness (QED) is 0.864. The number of halogens is 1. The van der Waals surface area contributed by atoms with Crippen LogP contribution in [0, 0.1) is 5.82 Å². The van der Waals surface area contributed by atoms with Crippen LogP contribution in [0.4, 0.5) is 4.39 Å². The number of rotatable bonds is 3. The minimum Gasteiger partial charge on any atom is -0.330 e. The molecule has 2 aromatic rings. The highest BCUT2D eigenvalue weighted by molar-refractivity contribution is 5.81. The summed E-state index contributed by atoms with van der Waals surface area (Å²) >= 11 is 0. The standard InChI is InChI=1S/C12H16FN3/c1-8(2)16-12(5-6-14)10-7-9(13)3-4-11(10)15-16/h3-4,7-8H,5-6,14H2,1-2H3. The van der Waals surface area contributed by atoms with E-state index in [2.05, 4.69) is 18.9 Å². The predicted octanol–water partition coefficient (Wildman–Crippen LogP) is 2.26. The molecule has 0 atom stereocenters. The number of fused-ring (bicyclic) bond motifs is 1. The average Bonchev–Trinajstić information content (AvgIpc) is 2.58. The van der Waals surface area contributed by atoms with Crippen molar-refractivity contribution < 1.29 is 4.39 Å². The van der Waals surface area contributed by atoms with Crippen molar-refractivity contribution in [2.24, 2.45) is 5.73 Å². The average molecular weight is 221 g/mol. The largest absolute Gasteiger partial charge is 0.330 e. The van der Waals surface area contributed by atoms with E-state index in [-0.39, 0.29) is 11.9 Å². The molecule has 3 nitrogen and oxygen atoms in total. The van der Waals surface area contributed by atoms with Gasteiger partial charge in [0, 0.05) is 23.5 Å². The van der Waals surface area contributed by atoms with Gasteiger partial charge in [-0.15, -0.1) is 0 Å². The minimum absolute atomic E-state index is 0.228. The Hall–Kier alpha value is -1.42. The van der Waals surface area contributed by atoms with Gasteiger partial charge in [-0.3, -0.25) is 4.68 Å². The van der Waals surface area contributed by atoms with Gasteiger partial charge in [-0.2, -0.15) is 5.10 Å². The third-order valence-electron chi connectivity index (χ3n) is 2.63. The lowest BCUT2D eigenvalue weighted by atomic mass is 10.1. The number of nitrogens with zero attached hydrogens (tertiary/aromatic N) is 2. The second-order valence-corrected chi connectivity index (χ2v) is 4.19. The van der Waals surface area contributed by atoms with Crippen LogP contribution in [-0.4, -0.2) is 16.3 Å². The fourth-order valence-corrected chi connectivity index (χ4v) is 1.94. The maximum absolute atomic E-state index is 13.2. The Kier molecular flexibility index (Phi) is 2.92. The Balaban J connectivity index is 2.67. The molecular weight excluding hydrogens is 205 g/mol. The van der Waals surface area contributed by atoms with E-state index in [1.165, 1.54) is 12.1 Å². The second-order valence-electron chi connectivity index (χ2n) is 4.19. The van der Waals surface area contributed by atoms with Gasteiger partial charge in [-0.25, -0.2) is 4.39 Å². The lowest BCUT2D eigenvalue weighted by Gasteiger charge is -2.10. The zero-order valence-corrected chi connectivity index (χ0v) is 9.57. The van der Waals surface area contributed by atoms with E-state index in [1.807, 2.05) is 4.68 Å². The first-order chi connectivity index (χ1) is 7.63. The normalized spacial score (nSPS) is 11.6. The molecule has 0 bridgehead atoms. The van der Waals surface area contributed by atoms with Crippen molar-refractivity contribution in [2.45, 2.75) is 26.3 Å². The van der Waals surface area contributed by atoms with Gasteiger partial charge < -0.3 is 5.73 Å². The molecule has 4 heteroatoms. The van der Waals surface area contributed by atoms with Crippen LogP contribution in [0.5, 0.6) is 0 Å². The van der Waals surface area contributed by atoms with Gasteiger partial charge in [-0.1, -0.05) is 0 Å². The number of hydrogen-bond donors (Lipinski definition) is 1. The monoisotopic (exact) mass is 221 g/mol. The molecule has 0 aliphatic carbocycles. The molecule has 16 heavy (non-hydrogen) atoms. The van der Waals surface area contributed by atoms with Gasteiger partial charge in [-0.05, 0) is 38.6 Å². The molecule has 0 unspecified atom stereocenters. The van der Waals surface area contributed by atoms with E-state index in [1.54, 1.807) is 6.07 Å². The van der Waals surface area contributed by atoms with E-state index in [4.69, 9.17) is 5.73 Å². The van der Waals surface area contributed by atoms with Gasteiger partial charge in [0.25, 0.3) is 0 Å². The van der Waals surface area contributed by atoms with Crippen LogP contribution in [0.15, 0.2) is 18.2 Å². The molecule has 1 aromatic carbocycles. The number of benzene rings is 1. The van der Waals surface area contributed by atoms with Crippen molar-refractivity contribution in [1.82, 2.24) is 9.78 Å². The summed E-state index contributed by atoms with van der Waals surface area (Å²) in [7, 11) is 0. The molecule has 2 N–H and O–H groups in total. The Morgan fingerprint density at radius 3 is 2.81 bits per heavy atom. The van der Waals surface area contributed by atoms with Crippen molar-refractivity contribution in [3.05, 3.63) is 29.7 Å². The van der Waals surface area contributed by atoms with Crippen molar-refractivity contribution in [2.75, 3.05) is 6.54 Å². The summed E-state index contributed by atoms with van der Waals surface area (Å²) in [6, 6.07) is 4.94. The molecule has 0 radical (unpaired) electrons. The van der Waals surface area contributed by atoms with Crippen LogP contribution < -0.4 is 5.73 Å². The van der Waals surface area contributed by atoms with Gasteiger partial charge >= 0.3 is 0 Å². The highest BCUT2D eigenvalue weighted by atomic mass is 19.1. The van der Waals surface area contributed by atoms with Gasteiger partial charge in [0.1, 0.15) is 5.82 Å². The van der Waals surface area contributed by atoms with E-state index in [0.717, 1.165) is 23.0 Å². The Labute approximate surface area is 94.1 Å². The highest BCUT2D eigenvalue weighted by Gasteiger charge is 2.13. The predicted molar refractivity (Wildman–Crippen MR) is 62.8 cm³/mol. The molecule has 0 saturated carbocycles. The van der Waals surface area contributed by atoms with Crippen LogP contribution in [-0.2, 0) is 6.42 Å². The molecule has 1 heterocycles. The molecule has 1 aromatic heterocycles. The van der Waals surface area contributed by atoms with E-state index < -0.39 is 0 Å². The summed E-state index contributed by atoms with van der Waals surface area (Å²) in [6.45, 7) is 4.66. The third kappa shape index (κ3) is 1.80. The zero-order chi connectivity index (χ0) is 11.7. The first-order valence-electron chi connectivity index (χ1n) is 5.50. The minimum atomic E-state index is -0.228. The van der Waals surface area contributed by atoms with E-state index >= 15 is 0 Å². The third-order valence-corrected chi connectivity index (χ3v) is 2.63. The summed E-state index contributed by atoms with van der Waals surface area (Å²) in [5, 5.41) is 5.34. The lowest BCUT2D eigenvalue weighted by Crippen LogP contribution is -2.12. The summed E-state index contributed by atoms with van der Waals surface area (Å²) in [5.41, 5.74) is 7.44. The fourth-order valence-electron chi connectivity index (χ4n) is 1.94. The van der Waals surface area contributed by atoms with E-state index in [9.17, 15) is 4.39 Å². The maximum Gasteiger partial charge on any atom is 0.124 e. The smallest absolute Gasteiger partial charge is 0.124 e. The first kappa shape index (κ1) is 11.1. The van der Waals surface area contributed by atoms with Crippen LogP contribution >= 0.6 is 0 Å². The summed E-state index contributed by atoms with van der Waals surface area (Å²) in [5.74, 6) is -0.228. The number of nitrogens with two attached hydrogens (primary N) is 1. The first-order valence-corrected chi connectivity index (χ1v) is 5.50. The Morgan fingerprint density at radius 1 is 1.44 bits per heavy atom. The number of aromatic nitrogens is 2. The van der Waals surface area contributed by atoms with Gasteiger partial charge in [0.05, 0.1) is 5.52 Å². The van der Waals surface area contributed by atoms with Crippen molar-refractivity contribution >= 4 is 10.9 Å². The zero-order valence-electron chi connectivity index (χ0n) is 9.57. The SMILES string of the molecule is CC(C)n1nc2ccc(F)cc2c1CCN. The van der Waals surface area contributed by atoms with Gasteiger partial charge in [0.15, 0.2) is 0 Å². The number of hydrogen-bond acceptors (Lipinski definition) is 2. The Bertz CT molecular complexity index is 502. The molecular formula is C12H16FN3. The van der Waals surface area contributed by atoms with E-state index in [0.29, 0.717) is 6.54 Å². The topological polar surface area (TPSA) is 43.8 Å². The molecule has 86 valence electrons. The van der Waals surface area contributed by atoms with Gasteiger partial charge in [0.2, 0.25) is 0 Å². The maximum atomic E-state index is 13.2. The van der Waals surface area contributed by atoms with Crippen LogP contribution in [0.25, 0.3) is 10.9 Å². The van der Waals surface area contributed by atoms with Crippen molar-refractivity contribution in [1.29, 1.82) is 0 Å². The molecule has 0 aliphatic rings. The highest BCUT2D eigenvalue weighted by Crippen LogP contribution is 2.22. The molecule has 0 fully saturated rings. The van der Waals surface area contributed by atoms with Crippen molar-refractivity contribution in [3.63, 3.8) is 0 Å². The summed E-state index contributed by atoms with van der Waals surface area (Å²) < 4.78 is 15.1. The van der Waals surface area contributed by atoms with Crippen LogP contribution in [0.2, 0.25) is 0 Å². The van der Waals surface area contributed by atoms with Crippen LogP contribution in [0.1, 0.15) is 25.6 Å².